The molecule has 2 fully saturated rings. The van der Waals surface area contributed by atoms with Crippen LogP contribution in [0, 0.1) is 5.82 Å². The quantitative estimate of drug-likeness (QED) is 0.674. The molecular formula is C20H19FN4O5S. The Morgan fingerprint density at radius 1 is 1.13 bits per heavy atom. The summed E-state index contributed by atoms with van der Waals surface area (Å²) < 4.78 is 40.7. The topological polar surface area (TPSA) is 116 Å². The van der Waals surface area contributed by atoms with E-state index in [9.17, 15) is 27.2 Å². The summed E-state index contributed by atoms with van der Waals surface area (Å²) in [4.78, 5) is 39.0. The van der Waals surface area contributed by atoms with E-state index in [0.29, 0.717) is 13.0 Å². The number of urea groups is 1. The first kappa shape index (κ1) is 20.8. The van der Waals surface area contributed by atoms with Crippen LogP contribution in [0.25, 0.3) is 0 Å². The molecule has 2 N–H and O–H groups in total. The molecule has 9 nitrogen and oxygen atoms in total. The molecule has 1 atom stereocenters. The van der Waals surface area contributed by atoms with Crippen LogP contribution in [0.1, 0.15) is 16.8 Å². The zero-order valence-corrected chi connectivity index (χ0v) is 17.1. The van der Waals surface area contributed by atoms with Gasteiger partial charge in [-0.3, -0.25) is 19.2 Å². The van der Waals surface area contributed by atoms with Gasteiger partial charge in [-0.1, -0.05) is 12.1 Å². The van der Waals surface area contributed by atoms with Crippen LogP contribution in [-0.2, 0) is 14.8 Å². The van der Waals surface area contributed by atoms with Crippen molar-refractivity contribution in [3.8, 4) is 0 Å². The fourth-order valence-electron chi connectivity index (χ4n) is 3.69. The van der Waals surface area contributed by atoms with Gasteiger partial charge in [0.2, 0.25) is 5.91 Å². The molecule has 11 heteroatoms. The highest BCUT2D eigenvalue weighted by Crippen LogP contribution is 2.22. The lowest BCUT2D eigenvalue weighted by Gasteiger charge is -2.21. The second-order valence-corrected chi connectivity index (χ2v) is 8.94. The van der Waals surface area contributed by atoms with E-state index in [0.717, 1.165) is 17.0 Å². The molecule has 2 aromatic rings. The minimum absolute atomic E-state index is 0.0449. The number of nitrogens with zero attached hydrogens (tertiary/aromatic N) is 2. The molecule has 2 heterocycles. The average molecular weight is 446 g/mol. The van der Waals surface area contributed by atoms with Crippen molar-refractivity contribution < 1.29 is 27.2 Å². The maximum Gasteiger partial charge on any atom is 0.324 e. The molecule has 4 rings (SSSR count). The Kier molecular flexibility index (Phi) is 5.36. The molecule has 2 saturated heterocycles. The summed E-state index contributed by atoms with van der Waals surface area (Å²) in [6, 6.07) is 9.68. The van der Waals surface area contributed by atoms with E-state index in [1.165, 1.54) is 35.2 Å². The van der Waals surface area contributed by atoms with Crippen LogP contribution >= 0.6 is 0 Å². The largest absolute Gasteiger partial charge is 0.336 e. The van der Waals surface area contributed by atoms with Gasteiger partial charge in [-0.25, -0.2) is 17.6 Å². The lowest BCUT2D eigenvalue weighted by Crippen LogP contribution is -2.42. The third-order valence-electron chi connectivity index (χ3n) is 5.16. The van der Waals surface area contributed by atoms with Crippen molar-refractivity contribution in [3.63, 3.8) is 0 Å². The fourth-order valence-corrected chi connectivity index (χ4v) is 4.77. The van der Waals surface area contributed by atoms with Crippen LogP contribution in [0.3, 0.4) is 0 Å². The highest BCUT2D eigenvalue weighted by atomic mass is 32.2. The van der Waals surface area contributed by atoms with Gasteiger partial charge >= 0.3 is 6.03 Å². The minimum atomic E-state index is -4.03. The Balaban J connectivity index is 1.48. The first-order chi connectivity index (χ1) is 14.7. The molecule has 2 aliphatic rings. The molecule has 0 bridgehead atoms. The number of carbonyl (C=O) groups is 3. The Morgan fingerprint density at radius 2 is 1.90 bits per heavy atom. The summed E-state index contributed by atoms with van der Waals surface area (Å²) >= 11 is 0. The number of imide groups is 1. The van der Waals surface area contributed by atoms with Crippen LogP contribution in [-0.4, -0.2) is 61.7 Å². The predicted octanol–water partition coefficient (Wildman–Crippen LogP) is 1.39. The van der Waals surface area contributed by atoms with E-state index in [1.54, 1.807) is 6.07 Å². The van der Waals surface area contributed by atoms with Crippen LogP contribution in [0.2, 0.25) is 0 Å². The second kappa shape index (κ2) is 7.99. The summed E-state index contributed by atoms with van der Waals surface area (Å²) in [6.45, 7) is 0.522. The van der Waals surface area contributed by atoms with E-state index in [-0.39, 0.29) is 41.1 Å². The summed E-state index contributed by atoms with van der Waals surface area (Å²) in [5, 5.41) is 2.46. The van der Waals surface area contributed by atoms with Gasteiger partial charge in [0.1, 0.15) is 5.82 Å². The van der Waals surface area contributed by atoms with Gasteiger partial charge in [-0.05, 0) is 42.8 Å². The standard InChI is InChI=1S/C20H19FN4O5S/c21-14-4-2-6-17(10-14)31(29,30)23-15-5-1-3-13(9-15)19(27)24-8-7-16(12-24)25-18(26)11-22-20(25)28/h1-6,9-10,16,23H,7-8,11-12H2,(H,22,28). The van der Waals surface area contributed by atoms with Crippen molar-refractivity contribution in [3.05, 3.63) is 59.9 Å². The molecule has 0 aromatic heterocycles. The number of carbonyl (C=O) groups excluding carboxylic acids is 3. The lowest BCUT2D eigenvalue weighted by atomic mass is 10.2. The van der Waals surface area contributed by atoms with Crippen LogP contribution in [0.4, 0.5) is 14.9 Å². The summed E-state index contributed by atoms with van der Waals surface area (Å²) in [7, 11) is -4.03. The molecule has 0 spiro atoms. The molecule has 2 aliphatic heterocycles. The maximum atomic E-state index is 13.4. The van der Waals surface area contributed by atoms with Crippen molar-refractivity contribution in [2.45, 2.75) is 17.4 Å². The molecule has 0 aliphatic carbocycles. The first-order valence-electron chi connectivity index (χ1n) is 9.52. The van der Waals surface area contributed by atoms with Gasteiger partial charge in [-0.2, -0.15) is 0 Å². The number of anilines is 1. The minimum Gasteiger partial charge on any atom is -0.336 e. The highest BCUT2D eigenvalue weighted by Gasteiger charge is 2.39. The molecule has 162 valence electrons. The number of rotatable bonds is 5. The highest BCUT2D eigenvalue weighted by molar-refractivity contribution is 7.92. The molecular weight excluding hydrogens is 427 g/mol. The Morgan fingerprint density at radius 3 is 2.61 bits per heavy atom. The Hall–Kier alpha value is -3.47. The lowest BCUT2D eigenvalue weighted by molar-refractivity contribution is -0.126. The van der Waals surface area contributed by atoms with E-state index in [1.807, 2.05) is 0 Å². The number of hydrogen-bond acceptors (Lipinski definition) is 5. The number of likely N-dealkylation sites (tertiary alicyclic amines) is 1. The smallest absolute Gasteiger partial charge is 0.324 e. The molecule has 0 radical (unpaired) electrons. The third kappa shape index (κ3) is 4.22. The maximum absolute atomic E-state index is 13.4. The Labute approximate surface area is 177 Å². The van der Waals surface area contributed by atoms with Crippen LogP contribution in [0.5, 0.6) is 0 Å². The molecule has 4 amide bonds. The normalized spacial score (nSPS) is 18.9. The number of hydrogen-bond donors (Lipinski definition) is 2. The molecule has 1 unspecified atom stereocenters. The first-order valence-corrected chi connectivity index (χ1v) is 11.0. The van der Waals surface area contributed by atoms with Crippen LogP contribution < -0.4 is 10.0 Å². The zero-order chi connectivity index (χ0) is 22.2. The summed E-state index contributed by atoms with van der Waals surface area (Å²) in [6.07, 6.45) is 0.469. The van der Waals surface area contributed by atoms with Crippen molar-refractivity contribution in [2.24, 2.45) is 0 Å². The van der Waals surface area contributed by atoms with E-state index in [2.05, 4.69) is 10.0 Å². The molecule has 31 heavy (non-hydrogen) atoms. The van der Waals surface area contributed by atoms with Crippen molar-refractivity contribution in [1.29, 1.82) is 0 Å². The van der Waals surface area contributed by atoms with Gasteiger partial charge in [0, 0.05) is 24.3 Å². The number of amides is 4. The van der Waals surface area contributed by atoms with Gasteiger partial charge in [0.15, 0.2) is 0 Å². The van der Waals surface area contributed by atoms with Gasteiger partial charge in [0.25, 0.3) is 15.9 Å². The van der Waals surface area contributed by atoms with Gasteiger partial charge in [0.05, 0.1) is 17.5 Å². The van der Waals surface area contributed by atoms with Crippen molar-refractivity contribution in [2.75, 3.05) is 24.4 Å². The average Bonchev–Trinajstić information content (AvgIpc) is 3.33. The van der Waals surface area contributed by atoms with E-state index >= 15 is 0 Å². The predicted molar refractivity (Wildman–Crippen MR) is 108 cm³/mol. The van der Waals surface area contributed by atoms with E-state index in [4.69, 9.17) is 0 Å². The van der Waals surface area contributed by atoms with Crippen molar-refractivity contribution >= 4 is 33.6 Å². The van der Waals surface area contributed by atoms with Crippen LogP contribution in [0.15, 0.2) is 53.4 Å². The fraction of sp³-hybridized carbons (Fsp3) is 0.250. The number of nitrogens with one attached hydrogen (secondary N) is 2. The number of benzene rings is 2. The number of halogens is 1. The molecule has 0 saturated carbocycles. The summed E-state index contributed by atoms with van der Waals surface area (Å²) in [5.41, 5.74) is 0.400. The third-order valence-corrected chi connectivity index (χ3v) is 6.54. The summed E-state index contributed by atoms with van der Waals surface area (Å²) in [5.74, 6) is -1.35. The van der Waals surface area contributed by atoms with Gasteiger partial charge < -0.3 is 10.2 Å². The second-order valence-electron chi connectivity index (χ2n) is 7.26. The van der Waals surface area contributed by atoms with E-state index < -0.39 is 27.9 Å². The monoisotopic (exact) mass is 446 g/mol. The SMILES string of the molecule is O=C(c1cccc(NS(=O)(=O)c2cccc(F)c2)c1)N1CCC(N2C(=O)CNC2=O)C1. The van der Waals surface area contributed by atoms with Gasteiger partial charge in [-0.15, -0.1) is 0 Å². The van der Waals surface area contributed by atoms with Crippen molar-refractivity contribution in [1.82, 2.24) is 15.1 Å². The number of sulfonamides is 1. The molecule has 2 aromatic carbocycles. The Bertz CT molecular complexity index is 1150. The zero-order valence-electron chi connectivity index (χ0n) is 16.2.